The molecule has 5 rings (SSSR count). The van der Waals surface area contributed by atoms with E-state index in [4.69, 9.17) is 9.47 Å². The molecule has 5 aliphatic carbocycles. The average molecular weight is 413 g/mol. The highest BCUT2D eigenvalue weighted by Crippen LogP contribution is 2.64. The Bertz CT molecular complexity index is 795. The third-order valence-corrected chi connectivity index (χ3v) is 9.34. The largest absolute Gasteiger partial charge is 0.497 e. The van der Waals surface area contributed by atoms with Crippen LogP contribution in [0.5, 0.6) is 0 Å². The quantitative estimate of drug-likeness (QED) is 0.451. The highest BCUT2D eigenvalue weighted by molar-refractivity contribution is 5.87. The molecule has 0 aliphatic heterocycles. The zero-order chi connectivity index (χ0) is 20.9. The molecule has 0 amide bonds. The lowest BCUT2D eigenvalue weighted by Gasteiger charge is -2.57. The summed E-state index contributed by atoms with van der Waals surface area (Å²) in [5.74, 6) is 3.19. The van der Waals surface area contributed by atoms with E-state index in [1.165, 1.54) is 24.7 Å². The second-order valence-electron chi connectivity index (χ2n) is 10.7. The molecule has 0 N–H and O–H groups in total. The Morgan fingerprint density at radius 2 is 2.00 bits per heavy atom. The van der Waals surface area contributed by atoms with Crippen molar-refractivity contribution in [2.45, 2.75) is 90.6 Å². The molecule has 0 aromatic heterocycles. The van der Waals surface area contributed by atoms with E-state index in [9.17, 15) is 9.59 Å². The maximum atomic E-state index is 12.7. The Morgan fingerprint density at radius 3 is 2.77 bits per heavy atom. The maximum absolute atomic E-state index is 12.7. The highest BCUT2D eigenvalue weighted by atomic mass is 16.5. The second kappa shape index (κ2) is 7.53. The van der Waals surface area contributed by atoms with Gasteiger partial charge in [0.15, 0.2) is 0 Å². The van der Waals surface area contributed by atoms with Gasteiger partial charge >= 0.3 is 5.97 Å². The molecule has 0 radical (unpaired) electrons. The predicted molar refractivity (Wildman–Crippen MR) is 114 cm³/mol. The van der Waals surface area contributed by atoms with Crippen LogP contribution in [0.1, 0.15) is 84.5 Å². The molecule has 0 spiro atoms. The summed E-state index contributed by atoms with van der Waals surface area (Å²) < 4.78 is 12.1. The number of allylic oxidation sites excluding steroid dienone is 3. The van der Waals surface area contributed by atoms with Gasteiger partial charge in [0.05, 0.1) is 12.4 Å². The zero-order valence-corrected chi connectivity index (χ0v) is 18.6. The molecule has 5 aliphatic rings. The molecule has 0 aromatic carbocycles. The van der Waals surface area contributed by atoms with Crippen molar-refractivity contribution in [3.05, 3.63) is 23.5 Å². The topological polar surface area (TPSA) is 52.6 Å². The molecule has 0 aromatic rings. The third kappa shape index (κ3) is 3.17. The molecule has 164 valence electrons. The molecule has 4 nitrogen and oxygen atoms in total. The number of Topliss-reactive ketones (excluding diaryl/α,β-unsaturated/α-hetero) is 1. The Labute approximate surface area is 180 Å². The standard InChI is InChI=1S/C26H36O4/c1-17(27)30-20-11-14-26(16-29-19-5-3-4-6-19)18(15-20)7-8-21-22-9-10-24(28)25(22,2)13-12-23(21)26/h5,7,20-23H,3-4,6,8-16H2,1-2H3/t20?,21-,22-,23+,25-,26+/m0/s1. The van der Waals surface area contributed by atoms with E-state index in [-0.39, 0.29) is 22.9 Å². The van der Waals surface area contributed by atoms with Gasteiger partial charge in [-0.15, -0.1) is 0 Å². The van der Waals surface area contributed by atoms with Crippen molar-refractivity contribution in [3.63, 3.8) is 0 Å². The van der Waals surface area contributed by atoms with Gasteiger partial charge in [-0.25, -0.2) is 0 Å². The van der Waals surface area contributed by atoms with E-state index < -0.39 is 0 Å². The minimum absolute atomic E-state index is 0.00559. The Kier molecular flexibility index (Phi) is 5.10. The van der Waals surface area contributed by atoms with Crippen LogP contribution in [-0.2, 0) is 19.1 Å². The summed E-state index contributed by atoms with van der Waals surface area (Å²) in [5.41, 5.74) is 1.42. The first-order chi connectivity index (χ1) is 14.4. The van der Waals surface area contributed by atoms with E-state index in [1.54, 1.807) is 0 Å². The monoisotopic (exact) mass is 412 g/mol. The van der Waals surface area contributed by atoms with Crippen LogP contribution in [0.15, 0.2) is 23.5 Å². The van der Waals surface area contributed by atoms with Gasteiger partial charge in [-0.3, -0.25) is 9.59 Å². The second-order valence-corrected chi connectivity index (χ2v) is 10.7. The summed E-state index contributed by atoms with van der Waals surface area (Å²) in [6, 6.07) is 0. The number of ether oxygens (including phenoxy) is 2. The van der Waals surface area contributed by atoms with Gasteiger partial charge in [-0.1, -0.05) is 18.6 Å². The molecule has 3 saturated carbocycles. The smallest absolute Gasteiger partial charge is 0.302 e. The summed E-state index contributed by atoms with van der Waals surface area (Å²) >= 11 is 0. The number of hydrogen-bond acceptors (Lipinski definition) is 4. The summed E-state index contributed by atoms with van der Waals surface area (Å²) in [7, 11) is 0. The van der Waals surface area contributed by atoms with Crippen LogP contribution in [0.25, 0.3) is 0 Å². The van der Waals surface area contributed by atoms with Crippen molar-refractivity contribution < 1.29 is 19.1 Å². The number of hydrogen-bond donors (Lipinski definition) is 0. The normalized spacial score (nSPS) is 42.5. The van der Waals surface area contributed by atoms with E-state index in [0.717, 1.165) is 70.8 Å². The minimum Gasteiger partial charge on any atom is -0.497 e. The highest BCUT2D eigenvalue weighted by Gasteiger charge is 2.60. The van der Waals surface area contributed by atoms with Crippen molar-refractivity contribution in [1.82, 2.24) is 0 Å². The fourth-order valence-corrected chi connectivity index (χ4v) is 7.79. The SMILES string of the molecule is CC(=O)OC1CC[C@@]2(COC3=CCCC3)C(=CC[C@@H]3[C@H]2CC[C@]2(C)C(=O)CC[C@@H]32)C1. The van der Waals surface area contributed by atoms with Crippen LogP contribution in [0.2, 0.25) is 0 Å². The van der Waals surface area contributed by atoms with E-state index in [1.807, 2.05) is 0 Å². The third-order valence-electron chi connectivity index (χ3n) is 9.34. The Morgan fingerprint density at radius 1 is 1.13 bits per heavy atom. The molecule has 0 saturated heterocycles. The molecule has 4 heteroatoms. The van der Waals surface area contributed by atoms with Crippen molar-refractivity contribution in [2.24, 2.45) is 28.6 Å². The van der Waals surface area contributed by atoms with Crippen molar-refractivity contribution in [2.75, 3.05) is 6.61 Å². The Balaban J connectivity index is 1.45. The molecule has 0 bridgehead atoms. The zero-order valence-electron chi connectivity index (χ0n) is 18.6. The van der Waals surface area contributed by atoms with Gasteiger partial charge in [0.1, 0.15) is 11.9 Å². The molecular weight excluding hydrogens is 376 g/mol. The molecule has 3 fully saturated rings. The van der Waals surface area contributed by atoms with Crippen molar-refractivity contribution in [3.8, 4) is 0 Å². The van der Waals surface area contributed by atoms with Crippen molar-refractivity contribution >= 4 is 11.8 Å². The number of esters is 1. The van der Waals surface area contributed by atoms with Gasteiger partial charge in [0.2, 0.25) is 0 Å². The van der Waals surface area contributed by atoms with Crippen LogP contribution in [0.3, 0.4) is 0 Å². The van der Waals surface area contributed by atoms with Gasteiger partial charge < -0.3 is 9.47 Å². The maximum Gasteiger partial charge on any atom is 0.302 e. The van der Waals surface area contributed by atoms with E-state index >= 15 is 0 Å². The number of fused-ring (bicyclic) bond motifs is 5. The van der Waals surface area contributed by atoms with E-state index in [0.29, 0.717) is 23.5 Å². The van der Waals surface area contributed by atoms with Gasteiger partial charge in [0, 0.05) is 37.0 Å². The van der Waals surface area contributed by atoms with Crippen LogP contribution >= 0.6 is 0 Å². The van der Waals surface area contributed by atoms with Crippen LogP contribution < -0.4 is 0 Å². The predicted octanol–water partition coefficient (Wildman–Crippen LogP) is 5.51. The molecular formula is C26H36O4. The Hall–Kier alpha value is -1.58. The average Bonchev–Trinajstić information content (AvgIpc) is 3.34. The first kappa shape index (κ1) is 20.3. The summed E-state index contributed by atoms with van der Waals surface area (Å²) in [5, 5.41) is 0. The molecule has 6 atom stereocenters. The summed E-state index contributed by atoms with van der Waals surface area (Å²) in [6.45, 7) is 4.52. The first-order valence-electron chi connectivity index (χ1n) is 12.1. The fraction of sp³-hybridized carbons (Fsp3) is 0.769. The van der Waals surface area contributed by atoms with Gasteiger partial charge in [0.25, 0.3) is 0 Å². The van der Waals surface area contributed by atoms with Crippen LogP contribution in [-0.4, -0.2) is 24.5 Å². The summed E-state index contributed by atoms with van der Waals surface area (Å²) in [6.07, 6.45) is 16.0. The van der Waals surface area contributed by atoms with Crippen molar-refractivity contribution in [1.29, 1.82) is 0 Å². The lowest BCUT2D eigenvalue weighted by atomic mass is 9.47. The number of carbonyl (C=O) groups is 2. The fourth-order valence-electron chi connectivity index (χ4n) is 7.79. The number of carbonyl (C=O) groups excluding carboxylic acids is 2. The molecule has 1 unspecified atom stereocenters. The minimum atomic E-state index is -0.174. The molecule has 30 heavy (non-hydrogen) atoms. The van der Waals surface area contributed by atoms with E-state index in [2.05, 4.69) is 19.1 Å². The number of ketones is 1. The first-order valence-corrected chi connectivity index (χ1v) is 12.1. The van der Waals surface area contributed by atoms with Crippen LogP contribution in [0, 0.1) is 28.6 Å². The van der Waals surface area contributed by atoms with Gasteiger partial charge in [-0.05, 0) is 75.2 Å². The van der Waals surface area contributed by atoms with Crippen LogP contribution in [0.4, 0.5) is 0 Å². The van der Waals surface area contributed by atoms with Gasteiger partial charge in [-0.2, -0.15) is 0 Å². The molecule has 0 heterocycles. The summed E-state index contributed by atoms with van der Waals surface area (Å²) in [4.78, 5) is 24.3. The lowest BCUT2D eigenvalue weighted by molar-refractivity contribution is -0.149. The lowest BCUT2D eigenvalue weighted by Crippen LogP contribution is -2.53. The number of rotatable bonds is 4.